The van der Waals surface area contributed by atoms with Gasteiger partial charge in [0.05, 0.1) is 12.3 Å². The van der Waals surface area contributed by atoms with Crippen LogP contribution < -0.4 is 10.2 Å². The van der Waals surface area contributed by atoms with E-state index in [1.165, 1.54) is 5.56 Å². The summed E-state index contributed by atoms with van der Waals surface area (Å²) in [6.07, 6.45) is 1.76. The first-order valence-corrected chi connectivity index (χ1v) is 10.2. The number of nitrogens with one attached hydrogen (secondary N) is 1. The molecule has 3 aromatic rings. The second kappa shape index (κ2) is 9.54. The van der Waals surface area contributed by atoms with Crippen LogP contribution in [0.25, 0.3) is 11.3 Å². The summed E-state index contributed by atoms with van der Waals surface area (Å²) in [5, 5.41) is 6.11. The quantitative estimate of drug-likeness (QED) is 0.434. The van der Waals surface area contributed by atoms with Gasteiger partial charge in [-0.15, -0.1) is 11.3 Å². The van der Waals surface area contributed by atoms with Gasteiger partial charge in [-0.05, 0) is 81.4 Å². The second-order valence-electron chi connectivity index (χ2n) is 7.15. The lowest BCUT2D eigenvalue weighted by atomic mass is 10.2. The van der Waals surface area contributed by atoms with E-state index in [0.29, 0.717) is 5.76 Å². The third-order valence-electron chi connectivity index (χ3n) is 3.87. The number of furan rings is 1. The number of carbonyl (C=O) groups is 1. The minimum atomic E-state index is -0.391. The Labute approximate surface area is 174 Å². The molecule has 0 aliphatic rings. The van der Waals surface area contributed by atoms with Gasteiger partial charge in [-0.2, -0.15) is 5.10 Å². The average molecular weight is 412 g/mol. The zero-order valence-corrected chi connectivity index (χ0v) is 17.8. The van der Waals surface area contributed by atoms with E-state index in [9.17, 15) is 4.79 Å². The summed E-state index contributed by atoms with van der Waals surface area (Å²) in [7, 11) is 4.05. The van der Waals surface area contributed by atoms with E-state index in [4.69, 9.17) is 9.15 Å². The van der Waals surface area contributed by atoms with Crippen molar-refractivity contribution in [3.63, 3.8) is 0 Å². The lowest BCUT2D eigenvalue weighted by Gasteiger charge is -2.09. The van der Waals surface area contributed by atoms with E-state index in [0.717, 1.165) is 22.7 Å². The molecule has 1 amide bonds. The Morgan fingerprint density at radius 3 is 2.69 bits per heavy atom. The first-order chi connectivity index (χ1) is 13.9. The van der Waals surface area contributed by atoms with Crippen LogP contribution in [0.5, 0.6) is 5.75 Å². The van der Waals surface area contributed by atoms with Gasteiger partial charge in [0.15, 0.2) is 5.76 Å². The molecular weight excluding hydrogens is 386 g/mol. The summed E-state index contributed by atoms with van der Waals surface area (Å²) in [4.78, 5) is 15.3. The average Bonchev–Trinajstić information content (AvgIpc) is 3.31. The molecule has 1 N–H and O–H groups in total. The fourth-order valence-corrected chi connectivity index (χ4v) is 3.47. The first kappa shape index (κ1) is 20.8. The van der Waals surface area contributed by atoms with Gasteiger partial charge in [0.25, 0.3) is 0 Å². The molecular formula is C22H25N3O3S. The summed E-state index contributed by atoms with van der Waals surface area (Å²) in [6.45, 7) is 4.83. The number of hydrogen-bond donors (Lipinski definition) is 1. The maximum Gasteiger partial charge on any atom is 0.307 e. The molecule has 0 saturated heterocycles. The molecule has 3 rings (SSSR count). The van der Waals surface area contributed by atoms with Crippen LogP contribution in [0.15, 0.2) is 57.4 Å². The molecule has 0 aliphatic heterocycles. The van der Waals surface area contributed by atoms with Crippen molar-refractivity contribution in [3.8, 4) is 17.1 Å². The number of nitrogens with zero attached hydrogens (tertiary/aromatic N) is 2. The molecule has 7 heteroatoms. The maximum atomic E-state index is 12.3. The lowest BCUT2D eigenvalue weighted by Crippen LogP contribution is -2.16. The fraction of sp³-hybridized carbons (Fsp3) is 0.273. The highest BCUT2D eigenvalue weighted by atomic mass is 32.1. The van der Waals surface area contributed by atoms with Crippen molar-refractivity contribution in [3.05, 3.63) is 64.0 Å². The van der Waals surface area contributed by atoms with Gasteiger partial charge in [-0.3, -0.25) is 4.79 Å². The minimum absolute atomic E-state index is 0.120. The molecule has 29 heavy (non-hydrogen) atoms. The summed E-state index contributed by atoms with van der Waals surface area (Å²) < 4.78 is 11.3. The molecule has 6 nitrogen and oxygen atoms in total. The van der Waals surface area contributed by atoms with Gasteiger partial charge in [-0.25, -0.2) is 5.43 Å². The summed E-state index contributed by atoms with van der Waals surface area (Å²) in [5.41, 5.74) is 4.59. The topological polar surface area (TPSA) is 67.1 Å². The van der Waals surface area contributed by atoms with E-state index >= 15 is 0 Å². The monoisotopic (exact) mass is 411 g/mol. The van der Waals surface area contributed by atoms with Crippen LogP contribution in [0.4, 0.5) is 0 Å². The molecule has 152 valence electrons. The standard InChI is InChI=1S/C22H25N3O3S/c1-15(2)27-18-7-5-17(6-8-18)20-9-10-21(28-20)22(26)24-23-12-19-11-16(14-29-19)13-25(3)4/h5-12,14-15H,13H2,1-4H3,(H,24,26)/b23-12+. The van der Waals surface area contributed by atoms with E-state index in [1.54, 1.807) is 29.7 Å². The third kappa shape index (κ3) is 6.04. The Bertz CT molecular complexity index is 971. The Morgan fingerprint density at radius 2 is 2.00 bits per heavy atom. The van der Waals surface area contributed by atoms with Crippen molar-refractivity contribution >= 4 is 23.5 Å². The molecule has 0 saturated carbocycles. The van der Waals surface area contributed by atoms with Gasteiger partial charge < -0.3 is 14.1 Å². The highest BCUT2D eigenvalue weighted by Crippen LogP contribution is 2.25. The van der Waals surface area contributed by atoms with E-state index < -0.39 is 5.91 Å². The second-order valence-corrected chi connectivity index (χ2v) is 8.09. The van der Waals surface area contributed by atoms with Crippen LogP contribution in [0.3, 0.4) is 0 Å². The SMILES string of the molecule is CC(C)Oc1ccc(-c2ccc(C(=O)N/N=C/c3cc(CN(C)C)cs3)o2)cc1. The van der Waals surface area contributed by atoms with Crippen LogP contribution in [0, 0.1) is 0 Å². The zero-order valence-electron chi connectivity index (χ0n) is 17.0. The number of hydrazone groups is 1. The van der Waals surface area contributed by atoms with Crippen LogP contribution in [0.2, 0.25) is 0 Å². The van der Waals surface area contributed by atoms with Gasteiger partial charge in [0.1, 0.15) is 11.5 Å². The fourth-order valence-electron chi connectivity index (χ4n) is 2.70. The van der Waals surface area contributed by atoms with Crippen LogP contribution in [0.1, 0.15) is 34.8 Å². The number of hydrogen-bond acceptors (Lipinski definition) is 6. The first-order valence-electron chi connectivity index (χ1n) is 9.33. The summed E-state index contributed by atoms with van der Waals surface area (Å²) in [5.74, 6) is 1.23. The summed E-state index contributed by atoms with van der Waals surface area (Å²) >= 11 is 1.58. The normalized spacial score (nSPS) is 11.5. The molecule has 0 radical (unpaired) electrons. The Balaban J connectivity index is 1.58. The number of rotatable bonds is 8. The van der Waals surface area contributed by atoms with Crippen molar-refractivity contribution in [2.75, 3.05) is 14.1 Å². The highest BCUT2D eigenvalue weighted by molar-refractivity contribution is 7.11. The van der Waals surface area contributed by atoms with Crippen molar-refractivity contribution in [1.82, 2.24) is 10.3 Å². The predicted octanol–water partition coefficient (Wildman–Crippen LogP) is 4.62. The number of amides is 1. The molecule has 0 spiro atoms. The van der Waals surface area contributed by atoms with Crippen molar-refractivity contribution in [2.45, 2.75) is 26.5 Å². The van der Waals surface area contributed by atoms with E-state index in [1.807, 2.05) is 52.2 Å². The molecule has 0 bridgehead atoms. The Hall–Kier alpha value is -2.90. The molecule has 0 fully saturated rings. The largest absolute Gasteiger partial charge is 0.491 e. The molecule has 0 aliphatic carbocycles. The van der Waals surface area contributed by atoms with E-state index in [2.05, 4.69) is 26.9 Å². The summed E-state index contributed by atoms with van der Waals surface area (Å²) in [6, 6.07) is 13.0. The molecule has 2 heterocycles. The number of benzene rings is 1. The number of thiophene rings is 1. The predicted molar refractivity (Wildman–Crippen MR) is 117 cm³/mol. The van der Waals surface area contributed by atoms with Crippen LogP contribution >= 0.6 is 11.3 Å². The lowest BCUT2D eigenvalue weighted by molar-refractivity contribution is 0.0928. The zero-order chi connectivity index (χ0) is 20.8. The van der Waals surface area contributed by atoms with Crippen molar-refractivity contribution < 1.29 is 13.9 Å². The van der Waals surface area contributed by atoms with Gasteiger partial charge in [0, 0.05) is 17.0 Å². The molecule has 2 aromatic heterocycles. The smallest absolute Gasteiger partial charge is 0.307 e. The van der Waals surface area contributed by atoms with Crippen molar-refractivity contribution in [2.24, 2.45) is 5.10 Å². The molecule has 0 unspecified atom stereocenters. The number of carbonyl (C=O) groups excluding carboxylic acids is 1. The Morgan fingerprint density at radius 1 is 1.24 bits per heavy atom. The minimum Gasteiger partial charge on any atom is -0.491 e. The van der Waals surface area contributed by atoms with E-state index in [-0.39, 0.29) is 11.9 Å². The van der Waals surface area contributed by atoms with Gasteiger partial charge in [0.2, 0.25) is 0 Å². The number of ether oxygens (including phenoxy) is 1. The third-order valence-corrected chi connectivity index (χ3v) is 4.79. The van der Waals surface area contributed by atoms with Crippen molar-refractivity contribution in [1.29, 1.82) is 0 Å². The Kier molecular flexibility index (Phi) is 6.85. The van der Waals surface area contributed by atoms with Gasteiger partial charge >= 0.3 is 5.91 Å². The maximum absolute atomic E-state index is 12.3. The van der Waals surface area contributed by atoms with Crippen LogP contribution in [-0.2, 0) is 6.54 Å². The highest BCUT2D eigenvalue weighted by Gasteiger charge is 2.12. The molecule has 0 atom stereocenters. The molecule has 1 aromatic carbocycles. The van der Waals surface area contributed by atoms with Crippen LogP contribution in [-0.4, -0.2) is 37.2 Å². The van der Waals surface area contributed by atoms with Gasteiger partial charge in [-0.1, -0.05) is 0 Å².